The highest BCUT2D eigenvalue weighted by molar-refractivity contribution is 6.23. The van der Waals surface area contributed by atoms with Gasteiger partial charge in [0.15, 0.2) is 5.54 Å². The van der Waals surface area contributed by atoms with Crippen molar-refractivity contribution in [1.82, 2.24) is 10.4 Å². The molecule has 1 aliphatic heterocycles. The molecule has 11 heteroatoms. The van der Waals surface area contributed by atoms with Crippen LogP contribution in [-0.2, 0) is 24.5 Å². The molecule has 0 saturated carbocycles. The van der Waals surface area contributed by atoms with Crippen LogP contribution in [0, 0.1) is 5.82 Å². The monoisotopic (exact) mass is 557 g/mol. The Bertz CT molecular complexity index is 1310. The van der Waals surface area contributed by atoms with Gasteiger partial charge in [0, 0.05) is 5.56 Å². The van der Waals surface area contributed by atoms with Gasteiger partial charge in [-0.15, -0.1) is 0 Å². The van der Waals surface area contributed by atoms with Gasteiger partial charge >= 0.3 is 18.3 Å². The van der Waals surface area contributed by atoms with Gasteiger partial charge in [0.2, 0.25) is 0 Å². The van der Waals surface area contributed by atoms with E-state index >= 15 is 0 Å². The summed E-state index contributed by atoms with van der Waals surface area (Å²) in [5, 5.41) is 0.686. The van der Waals surface area contributed by atoms with E-state index in [0.717, 1.165) is 17.0 Å². The summed E-state index contributed by atoms with van der Waals surface area (Å²) < 4.78 is 30.6. The summed E-state index contributed by atoms with van der Waals surface area (Å²) in [6.45, 7) is 14.6. The van der Waals surface area contributed by atoms with Gasteiger partial charge in [-0.2, -0.15) is 5.01 Å². The van der Waals surface area contributed by atoms with Gasteiger partial charge in [-0.05, 0) is 86.1 Å². The fraction of sp³-hybridized carbons (Fsp3) is 0.448. The molecule has 3 rings (SSSR count). The Kier molecular flexibility index (Phi) is 7.93. The zero-order valence-electron chi connectivity index (χ0n) is 24.2. The van der Waals surface area contributed by atoms with Crippen LogP contribution in [0.2, 0.25) is 0 Å². The van der Waals surface area contributed by atoms with Crippen molar-refractivity contribution in [2.24, 2.45) is 0 Å². The summed E-state index contributed by atoms with van der Waals surface area (Å²) in [6, 6.07) is 11.0. The van der Waals surface area contributed by atoms with E-state index < -0.39 is 52.3 Å². The van der Waals surface area contributed by atoms with Crippen LogP contribution in [0.1, 0.15) is 73.4 Å². The van der Waals surface area contributed by atoms with Gasteiger partial charge < -0.3 is 14.2 Å². The van der Waals surface area contributed by atoms with Gasteiger partial charge in [0.25, 0.3) is 5.91 Å². The molecule has 0 aromatic heterocycles. The number of fused-ring (bicyclic) bond motifs is 1. The Morgan fingerprint density at radius 3 is 1.85 bits per heavy atom. The maximum Gasteiger partial charge on any atom is 0.431 e. The summed E-state index contributed by atoms with van der Waals surface area (Å²) in [6.07, 6.45) is -3.20. The summed E-state index contributed by atoms with van der Waals surface area (Å²) in [7, 11) is 0. The second kappa shape index (κ2) is 10.4. The minimum atomic E-state index is -2.22. The number of hydrogen-bond donors (Lipinski definition) is 1. The third-order valence-corrected chi connectivity index (χ3v) is 5.40. The molecule has 1 heterocycles. The molecule has 0 unspecified atom stereocenters. The lowest BCUT2D eigenvalue weighted by atomic mass is 9.83. The summed E-state index contributed by atoms with van der Waals surface area (Å²) >= 11 is 0. The number of nitrogens with zero attached hydrogens (tertiary/aromatic N) is 2. The van der Waals surface area contributed by atoms with Crippen LogP contribution in [0.4, 0.5) is 24.5 Å². The van der Waals surface area contributed by atoms with E-state index in [4.69, 9.17) is 14.2 Å². The van der Waals surface area contributed by atoms with Crippen molar-refractivity contribution in [2.45, 2.75) is 84.7 Å². The van der Waals surface area contributed by atoms with Crippen molar-refractivity contribution in [3.8, 4) is 0 Å². The molecule has 0 fully saturated rings. The van der Waals surface area contributed by atoms with Gasteiger partial charge in [-0.25, -0.2) is 29.1 Å². The maximum atomic E-state index is 14.6. The van der Waals surface area contributed by atoms with E-state index in [0.29, 0.717) is 5.01 Å². The first-order valence-corrected chi connectivity index (χ1v) is 12.7. The first-order chi connectivity index (χ1) is 18.3. The summed E-state index contributed by atoms with van der Waals surface area (Å²) in [5.41, 5.74) is -2.52. The molecule has 0 bridgehead atoms. The van der Waals surface area contributed by atoms with Gasteiger partial charge in [-0.1, -0.05) is 30.3 Å². The molecule has 2 aromatic carbocycles. The Morgan fingerprint density at radius 2 is 1.32 bits per heavy atom. The molecule has 0 spiro atoms. The summed E-state index contributed by atoms with van der Waals surface area (Å²) in [4.78, 5) is 55.7. The van der Waals surface area contributed by atoms with E-state index in [1.54, 1.807) is 74.4 Å². The zero-order valence-corrected chi connectivity index (χ0v) is 24.2. The van der Waals surface area contributed by atoms with Gasteiger partial charge in [0.05, 0.1) is 5.69 Å². The highest BCUT2D eigenvalue weighted by atomic mass is 19.1. The predicted octanol–water partition coefficient (Wildman–Crippen LogP) is 6.03. The number of carbonyl (C=O) groups excluding carboxylic acids is 4. The quantitative estimate of drug-likeness (QED) is 0.354. The maximum absolute atomic E-state index is 14.6. The third kappa shape index (κ3) is 6.35. The van der Waals surface area contributed by atoms with E-state index in [1.165, 1.54) is 24.3 Å². The standard InChI is InChI=1S/C29H36FN3O7/c1-26(2,3)38-23(35)31-33(25(37)40-28(7,8)9)29(18-14-16-19(30)17-15-18)20-12-10-11-13-21(20)32(22(29)34)24(36)39-27(4,5)6/h10-17H,1-9H3,(H,31,35)/t29-/m1/s1. The smallest absolute Gasteiger partial charge is 0.431 e. The molecule has 10 nitrogen and oxygen atoms in total. The molecular weight excluding hydrogens is 521 g/mol. The number of rotatable bonds is 2. The highest BCUT2D eigenvalue weighted by Crippen LogP contribution is 2.49. The Morgan fingerprint density at radius 1 is 0.800 bits per heavy atom. The number of nitrogens with one attached hydrogen (secondary N) is 1. The van der Waals surface area contributed by atoms with Crippen LogP contribution in [0.15, 0.2) is 48.5 Å². The molecule has 0 saturated heterocycles. The Hall–Kier alpha value is -4.15. The van der Waals surface area contributed by atoms with Crippen molar-refractivity contribution < 1.29 is 37.8 Å². The highest BCUT2D eigenvalue weighted by Gasteiger charge is 2.61. The first-order valence-electron chi connectivity index (χ1n) is 12.7. The lowest BCUT2D eigenvalue weighted by Crippen LogP contribution is -2.64. The first kappa shape index (κ1) is 30.4. The van der Waals surface area contributed by atoms with Crippen LogP contribution < -0.4 is 10.3 Å². The van der Waals surface area contributed by atoms with Crippen molar-refractivity contribution in [1.29, 1.82) is 0 Å². The van der Waals surface area contributed by atoms with Crippen molar-refractivity contribution in [2.75, 3.05) is 4.90 Å². The molecule has 1 atom stereocenters. The van der Waals surface area contributed by atoms with Crippen molar-refractivity contribution in [3.05, 3.63) is 65.5 Å². The van der Waals surface area contributed by atoms with E-state index in [-0.39, 0.29) is 16.8 Å². The van der Waals surface area contributed by atoms with Crippen molar-refractivity contribution >= 4 is 29.9 Å². The Labute approximate surface area is 233 Å². The zero-order chi connectivity index (χ0) is 30.3. The number of carbonyl (C=O) groups is 4. The number of ether oxygens (including phenoxy) is 3. The molecule has 1 aliphatic rings. The third-order valence-electron chi connectivity index (χ3n) is 5.40. The normalized spacial score (nSPS) is 17.1. The number of para-hydroxylation sites is 1. The van der Waals surface area contributed by atoms with Crippen LogP contribution in [0.25, 0.3) is 0 Å². The number of halogens is 1. The second-order valence-electron chi connectivity index (χ2n) is 12.3. The van der Waals surface area contributed by atoms with Gasteiger partial charge in [-0.3, -0.25) is 4.79 Å². The second-order valence-corrected chi connectivity index (χ2v) is 12.3. The average Bonchev–Trinajstić information content (AvgIpc) is 3.03. The molecule has 40 heavy (non-hydrogen) atoms. The van der Waals surface area contributed by atoms with Crippen LogP contribution in [0.5, 0.6) is 0 Å². The molecular formula is C29H36FN3O7. The molecule has 0 radical (unpaired) electrons. The number of anilines is 1. The largest absolute Gasteiger partial charge is 0.443 e. The van der Waals surface area contributed by atoms with Crippen molar-refractivity contribution in [3.63, 3.8) is 0 Å². The van der Waals surface area contributed by atoms with E-state index in [2.05, 4.69) is 5.43 Å². The fourth-order valence-corrected chi connectivity index (χ4v) is 4.13. The van der Waals surface area contributed by atoms with Crippen LogP contribution in [-0.4, -0.2) is 46.0 Å². The minimum Gasteiger partial charge on any atom is -0.443 e. The van der Waals surface area contributed by atoms with Crippen LogP contribution >= 0.6 is 0 Å². The van der Waals surface area contributed by atoms with Gasteiger partial charge in [0.1, 0.15) is 22.6 Å². The molecule has 2 aromatic rings. The fourth-order valence-electron chi connectivity index (χ4n) is 4.13. The Balaban J connectivity index is 2.36. The average molecular weight is 558 g/mol. The number of amides is 4. The number of benzene rings is 2. The predicted molar refractivity (Wildman–Crippen MR) is 145 cm³/mol. The molecule has 4 amide bonds. The lowest BCUT2D eigenvalue weighted by molar-refractivity contribution is -0.129. The topological polar surface area (TPSA) is 114 Å². The van der Waals surface area contributed by atoms with E-state index in [9.17, 15) is 23.6 Å². The van der Waals surface area contributed by atoms with E-state index in [1.807, 2.05) is 0 Å². The molecule has 216 valence electrons. The molecule has 1 N–H and O–H groups in total. The number of hydrogen-bond acceptors (Lipinski definition) is 7. The number of imide groups is 1. The minimum absolute atomic E-state index is 0.0688. The summed E-state index contributed by atoms with van der Waals surface area (Å²) in [5.74, 6) is -1.57. The SMILES string of the molecule is CC(C)(C)OC(=O)NN(C(=O)OC(C)(C)C)[C@@]1(c2ccc(F)cc2)C(=O)N(C(=O)OC(C)(C)C)c2ccccc21. The van der Waals surface area contributed by atoms with Crippen LogP contribution in [0.3, 0.4) is 0 Å². The number of hydrazine groups is 1. The molecule has 0 aliphatic carbocycles. The lowest BCUT2D eigenvalue weighted by Gasteiger charge is -2.40.